The molecule has 0 radical (unpaired) electrons. The highest BCUT2D eigenvalue weighted by Gasteiger charge is 2.34. The molecule has 3 aromatic carbocycles. The second-order valence-electron chi connectivity index (χ2n) is 8.57. The van der Waals surface area contributed by atoms with Gasteiger partial charge in [0.1, 0.15) is 11.1 Å². The van der Waals surface area contributed by atoms with E-state index in [9.17, 15) is 22.8 Å². The smallest absolute Gasteiger partial charge is 0.418 e. The first-order valence-electron chi connectivity index (χ1n) is 11.3. The van der Waals surface area contributed by atoms with Crippen LogP contribution in [0.4, 0.5) is 18.3 Å². The van der Waals surface area contributed by atoms with E-state index in [0.29, 0.717) is 47.0 Å². The third-order valence-electron chi connectivity index (χ3n) is 6.42. The number of alkyl halides is 3. The lowest BCUT2D eigenvalue weighted by Gasteiger charge is -2.34. The van der Waals surface area contributed by atoms with Crippen LogP contribution in [-0.4, -0.2) is 42.0 Å². The highest BCUT2D eigenvalue weighted by Crippen LogP contribution is 2.38. The van der Waals surface area contributed by atoms with Gasteiger partial charge in [-0.15, -0.1) is 0 Å². The molecule has 6 rings (SSSR count). The molecule has 1 fully saturated rings. The van der Waals surface area contributed by atoms with Crippen LogP contribution in [0.25, 0.3) is 32.0 Å². The van der Waals surface area contributed by atoms with Gasteiger partial charge in [-0.1, -0.05) is 47.7 Å². The molecule has 1 aliphatic heterocycles. The number of hydrogen-bond donors (Lipinski definition) is 0. The number of aromatic nitrogens is 1. The minimum absolute atomic E-state index is 0.0397. The zero-order valence-corrected chi connectivity index (χ0v) is 19.5. The van der Waals surface area contributed by atoms with Crippen LogP contribution < -0.4 is 10.5 Å². The number of nitrogens with zero attached hydrogens (tertiary/aromatic N) is 3. The van der Waals surface area contributed by atoms with Crippen molar-refractivity contribution in [3.05, 3.63) is 82.2 Å². The van der Waals surface area contributed by atoms with Crippen molar-refractivity contribution in [2.75, 3.05) is 31.1 Å². The fraction of sp³-hybridized carbons (Fsp3) is 0.192. The van der Waals surface area contributed by atoms with Crippen molar-refractivity contribution in [3.63, 3.8) is 0 Å². The molecule has 0 atom stereocenters. The van der Waals surface area contributed by atoms with Gasteiger partial charge in [0.15, 0.2) is 5.13 Å². The third kappa shape index (κ3) is 3.78. The van der Waals surface area contributed by atoms with Crippen LogP contribution in [0.2, 0.25) is 0 Å². The van der Waals surface area contributed by atoms with Crippen molar-refractivity contribution in [3.8, 4) is 0 Å². The molecule has 36 heavy (non-hydrogen) atoms. The van der Waals surface area contributed by atoms with Crippen LogP contribution in [0.1, 0.15) is 15.9 Å². The maximum Gasteiger partial charge on any atom is 0.418 e. The Morgan fingerprint density at radius 1 is 0.944 bits per heavy atom. The molecule has 0 bridgehead atoms. The van der Waals surface area contributed by atoms with Crippen molar-refractivity contribution < 1.29 is 22.4 Å². The second kappa shape index (κ2) is 8.34. The fourth-order valence-electron chi connectivity index (χ4n) is 4.59. The summed E-state index contributed by atoms with van der Waals surface area (Å²) in [4.78, 5) is 33.6. The molecule has 1 aliphatic rings. The number of rotatable bonds is 2. The Morgan fingerprint density at radius 2 is 1.72 bits per heavy atom. The van der Waals surface area contributed by atoms with Gasteiger partial charge in [0.2, 0.25) is 0 Å². The van der Waals surface area contributed by atoms with Crippen molar-refractivity contribution in [2.45, 2.75) is 6.18 Å². The lowest BCUT2D eigenvalue weighted by molar-refractivity contribution is -0.136. The SMILES string of the molecule is O=C(c1cc2c(ccc3ccccc32)oc1=O)N1CCN(c2nc3c(C(F)(F)F)cccc3s2)CC1. The molecule has 0 aliphatic carbocycles. The van der Waals surface area contributed by atoms with Crippen molar-refractivity contribution in [1.29, 1.82) is 0 Å². The summed E-state index contributed by atoms with van der Waals surface area (Å²) in [5.41, 5.74) is -1.15. The number of thiazole rings is 1. The molecule has 0 saturated carbocycles. The van der Waals surface area contributed by atoms with Crippen LogP contribution in [0, 0.1) is 0 Å². The average Bonchev–Trinajstić information content (AvgIpc) is 3.32. The van der Waals surface area contributed by atoms with Gasteiger partial charge in [-0.3, -0.25) is 4.79 Å². The minimum Gasteiger partial charge on any atom is -0.422 e. The fourth-order valence-corrected chi connectivity index (χ4v) is 5.64. The summed E-state index contributed by atoms with van der Waals surface area (Å²) < 4.78 is 46.0. The summed E-state index contributed by atoms with van der Waals surface area (Å²) in [6, 6.07) is 16.8. The Bertz CT molecular complexity index is 1700. The maximum atomic E-state index is 13.4. The van der Waals surface area contributed by atoms with E-state index in [2.05, 4.69) is 4.98 Å². The molecule has 182 valence electrons. The standard InChI is InChI=1S/C26H18F3N3O3S/c27-26(28,29)19-6-3-7-21-22(19)30-25(36-21)32-12-10-31(11-13-32)23(33)18-14-17-16-5-2-1-4-15(16)8-9-20(17)35-24(18)34/h1-9,14H,10-13H2. The Kier molecular flexibility index (Phi) is 5.22. The molecular formula is C26H18F3N3O3S. The van der Waals surface area contributed by atoms with Crippen LogP contribution in [0.3, 0.4) is 0 Å². The summed E-state index contributed by atoms with van der Waals surface area (Å²) >= 11 is 1.19. The number of carbonyl (C=O) groups is 1. The summed E-state index contributed by atoms with van der Waals surface area (Å²) in [5, 5.41) is 3.01. The van der Waals surface area contributed by atoms with Crippen molar-refractivity contribution in [1.82, 2.24) is 9.88 Å². The number of halogens is 3. The summed E-state index contributed by atoms with van der Waals surface area (Å²) in [6.07, 6.45) is -4.48. The number of benzene rings is 3. The van der Waals surface area contributed by atoms with Crippen molar-refractivity contribution in [2.24, 2.45) is 0 Å². The third-order valence-corrected chi connectivity index (χ3v) is 7.50. The predicted octanol–water partition coefficient (Wildman–Crippen LogP) is 5.54. The molecule has 0 spiro atoms. The number of hydrogen-bond acceptors (Lipinski definition) is 6. The molecule has 6 nitrogen and oxygen atoms in total. The second-order valence-corrected chi connectivity index (χ2v) is 9.58. The lowest BCUT2D eigenvalue weighted by Crippen LogP contribution is -2.49. The topological polar surface area (TPSA) is 66.7 Å². The predicted molar refractivity (Wildman–Crippen MR) is 133 cm³/mol. The number of anilines is 1. The van der Waals surface area contributed by atoms with E-state index in [0.717, 1.165) is 16.8 Å². The number of fused-ring (bicyclic) bond motifs is 4. The van der Waals surface area contributed by atoms with E-state index in [1.165, 1.54) is 17.4 Å². The quantitative estimate of drug-likeness (QED) is 0.231. The molecule has 2 aromatic heterocycles. The minimum atomic E-state index is -4.48. The first-order valence-corrected chi connectivity index (χ1v) is 12.1. The summed E-state index contributed by atoms with van der Waals surface area (Å²) in [5.74, 6) is -0.429. The molecule has 1 saturated heterocycles. The Labute approximate surface area is 206 Å². The molecule has 5 aromatic rings. The van der Waals surface area contributed by atoms with Gasteiger partial charge in [0, 0.05) is 31.6 Å². The Morgan fingerprint density at radius 3 is 2.50 bits per heavy atom. The summed E-state index contributed by atoms with van der Waals surface area (Å²) in [7, 11) is 0. The van der Waals surface area contributed by atoms with E-state index in [1.807, 2.05) is 35.2 Å². The van der Waals surface area contributed by atoms with Crippen molar-refractivity contribution >= 4 is 54.3 Å². The lowest BCUT2D eigenvalue weighted by atomic mass is 10.0. The van der Waals surface area contributed by atoms with Crippen LogP contribution >= 0.6 is 11.3 Å². The van der Waals surface area contributed by atoms with Gasteiger partial charge >= 0.3 is 11.8 Å². The van der Waals surface area contributed by atoms with E-state index in [4.69, 9.17) is 4.42 Å². The zero-order chi connectivity index (χ0) is 25.0. The van der Waals surface area contributed by atoms with Gasteiger partial charge in [-0.05, 0) is 35.0 Å². The Hall–Kier alpha value is -3.92. The van der Waals surface area contributed by atoms with E-state index in [1.54, 1.807) is 23.1 Å². The first-order chi connectivity index (χ1) is 17.3. The zero-order valence-electron chi connectivity index (χ0n) is 18.7. The number of para-hydroxylation sites is 1. The van der Waals surface area contributed by atoms with E-state index in [-0.39, 0.29) is 11.1 Å². The molecule has 0 unspecified atom stereocenters. The van der Waals surface area contributed by atoms with E-state index >= 15 is 0 Å². The van der Waals surface area contributed by atoms with Gasteiger partial charge in [-0.25, -0.2) is 9.78 Å². The first kappa shape index (κ1) is 22.5. The maximum absolute atomic E-state index is 13.4. The molecule has 10 heteroatoms. The molecular weight excluding hydrogens is 491 g/mol. The number of piperazine rings is 1. The van der Waals surface area contributed by atoms with Crippen LogP contribution in [0.5, 0.6) is 0 Å². The van der Waals surface area contributed by atoms with Gasteiger partial charge < -0.3 is 14.2 Å². The Balaban J connectivity index is 1.25. The number of carbonyl (C=O) groups excluding carboxylic acids is 1. The monoisotopic (exact) mass is 509 g/mol. The largest absolute Gasteiger partial charge is 0.422 e. The average molecular weight is 510 g/mol. The normalized spacial score (nSPS) is 14.8. The van der Waals surface area contributed by atoms with Gasteiger partial charge in [0.05, 0.1) is 15.8 Å². The molecule has 1 amide bonds. The molecule has 0 N–H and O–H groups in total. The van der Waals surface area contributed by atoms with Gasteiger partial charge in [-0.2, -0.15) is 13.2 Å². The van der Waals surface area contributed by atoms with Crippen LogP contribution in [-0.2, 0) is 6.18 Å². The highest BCUT2D eigenvalue weighted by molar-refractivity contribution is 7.22. The van der Waals surface area contributed by atoms with E-state index < -0.39 is 23.3 Å². The number of amides is 1. The molecule has 3 heterocycles. The van der Waals surface area contributed by atoms with Crippen LogP contribution in [0.15, 0.2) is 69.9 Å². The van der Waals surface area contributed by atoms with Gasteiger partial charge in [0.25, 0.3) is 5.91 Å². The summed E-state index contributed by atoms with van der Waals surface area (Å²) in [6.45, 7) is 1.37. The highest BCUT2D eigenvalue weighted by atomic mass is 32.1.